The van der Waals surface area contributed by atoms with Crippen molar-refractivity contribution in [2.24, 2.45) is 11.7 Å². The highest BCUT2D eigenvalue weighted by atomic mass is 79.9. The molecule has 0 saturated heterocycles. The van der Waals surface area contributed by atoms with E-state index in [-0.39, 0.29) is 10.6 Å². The van der Waals surface area contributed by atoms with Crippen molar-refractivity contribution in [2.75, 3.05) is 13.6 Å². The van der Waals surface area contributed by atoms with E-state index in [9.17, 15) is 10.1 Å². The highest BCUT2D eigenvalue weighted by molar-refractivity contribution is 9.10. The fourth-order valence-corrected chi connectivity index (χ4v) is 3.70. The lowest BCUT2D eigenvalue weighted by atomic mass is 9.83. The van der Waals surface area contributed by atoms with Crippen LogP contribution in [-0.4, -0.2) is 29.5 Å². The fourth-order valence-electron chi connectivity index (χ4n) is 3.21. The van der Waals surface area contributed by atoms with Crippen LogP contribution in [-0.2, 0) is 6.54 Å². The largest absolute Gasteiger partial charge is 0.330 e. The molecule has 1 fully saturated rings. The number of benzene rings is 1. The Hall–Kier alpha value is -0.980. The zero-order valence-corrected chi connectivity index (χ0v) is 13.9. The molecule has 2 unspecified atom stereocenters. The molecule has 2 rings (SSSR count). The van der Waals surface area contributed by atoms with Gasteiger partial charge in [0.15, 0.2) is 0 Å². The van der Waals surface area contributed by atoms with Crippen molar-refractivity contribution >= 4 is 21.6 Å². The minimum atomic E-state index is -0.371. The van der Waals surface area contributed by atoms with Crippen molar-refractivity contribution in [1.29, 1.82) is 0 Å². The van der Waals surface area contributed by atoms with Gasteiger partial charge in [-0.2, -0.15) is 0 Å². The summed E-state index contributed by atoms with van der Waals surface area (Å²) in [7, 11) is 2.12. The molecular weight excluding hydrogens is 334 g/mol. The number of nitro groups is 1. The van der Waals surface area contributed by atoms with Gasteiger partial charge in [-0.15, -0.1) is 0 Å². The second-order valence-electron chi connectivity index (χ2n) is 5.80. The van der Waals surface area contributed by atoms with E-state index in [4.69, 9.17) is 5.73 Å². The van der Waals surface area contributed by atoms with Gasteiger partial charge in [0, 0.05) is 29.2 Å². The summed E-state index contributed by atoms with van der Waals surface area (Å²) in [4.78, 5) is 12.7. The Bertz CT molecular complexity index is 510. The van der Waals surface area contributed by atoms with Crippen molar-refractivity contribution in [1.82, 2.24) is 4.90 Å². The summed E-state index contributed by atoms with van der Waals surface area (Å²) in [6.45, 7) is 1.51. The molecule has 1 aliphatic carbocycles. The van der Waals surface area contributed by atoms with Crippen LogP contribution in [0, 0.1) is 16.0 Å². The van der Waals surface area contributed by atoms with Crippen LogP contribution in [0.5, 0.6) is 0 Å². The van der Waals surface area contributed by atoms with Gasteiger partial charge in [0.05, 0.1) is 4.92 Å². The van der Waals surface area contributed by atoms with Crippen LogP contribution in [0.15, 0.2) is 22.7 Å². The van der Waals surface area contributed by atoms with E-state index in [0.717, 1.165) is 23.1 Å². The standard InChI is InChI=1S/C15H22BrN3O2/c1-18(15-5-3-2-4-11(15)9-17)10-12-6-7-13(19(20)21)8-14(12)16/h6-8,11,15H,2-5,9-10,17H2,1H3. The molecule has 1 aliphatic rings. The zero-order valence-electron chi connectivity index (χ0n) is 12.3. The lowest BCUT2D eigenvalue weighted by Gasteiger charge is -2.37. The number of hydrogen-bond acceptors (Lipinski definition) is 4. The molecule has 6 heteroatoms. The SMILES string of the molecule is CN(Cc1ccc([N+](=O)[O-])cc1Br)C1CCCCC1CN. The Morgan fingerprint density at radius 1 is 1.43 bits per heavy atom. The molecule has 1 aromatic carbocycles. The molecule has 2 atom stereocenters. The second-order valence-corrected chi connectivity index (χ2v) is 6.65. The molecule has 1 saturated carbocycles. The molecule has 0 aliphatic heterocycles. The van der Waals surface area contributed by atoms with Crippen molar-refractivity contribution in [3.05, 3.63) is 38.3 Å². The summed E-state index contributed by atoms with van der Waals surface area (Å²) >= 11 is 3.44. The van der Waals surface area contributed by atoms with E-state index in [0.29, 0.717) is 12.0 Å². The third-order valence-electron chi connectivity index (χ3n) is 4.41. The number of rotatable bonds is 5. The summed E-state index contributed by atoms with van der Waals surface area (Å²) < 4.78 is 0.795. The van der Waals surface area contributed by atoms with Crippen LogP contribution in [0.25, 0.3) is 0 Å². The zero-order chi connectivity index (χ0) is 15.4. The lowest BCUT2D eigenvalue weighted by Crippen LogP contribution is -2.42. The summed E-state index contributed by atoms with van der Waals surface area (Å²) in [5.41, 5.74) is 7.09. The van der Waals surface area contributed by atoms with Crippen LogP contribution >= 0.6 is 15.9 Å². The van der Waals surface area contributed by atoms with E-state index < -0.39 is 0 Å². The summed E-state index contributed by atoms with van der Waals surface area (Å²) in [6, 6.07) is 5.48. The number of hydrogen-bond donors (Lipinski definition) is 1. The van der Waals surface area contributed by atoms with Crippen LogP contribution in [0.2, 0.25) is 0 Å². The Labute approximate surface area is 133 Å². The molecule has 2 N–H and O–H groups in total. The number of halogens is 1. The molecule has 0 bridgehead atoms. The predicted octanol–water partition coefficient (Wildman–Crippen LogP) is 3.31. The normalized spacial score (nSPS) is 22.5. The van der Waals surface area contributed by atoms with Crippen molar-refractivity contribution < 1.29 is 4.92 Å². The van der Waals surface area contributed by atoms with E-state index in [1.54, 1.807) is 12.1 Å². The molecule has 0 heterocycles. The van der Waals surface area contributed by atoms with Gasteiger partial charge in [-0.3, -0.25) is 15.0 Å². The monoisotopic (exact) mass is 355 g/mol. The molecule has 116 valence electrons. The van der Waals surface area contributed by atoms with Crippen molar-refractivity contribution in [3.8, 4) is 0 Å². The first-order valence-corrected chi connectivity index (χ1v) is 8.15. The van der Waals surface area contributed by atoms with Crippen LogP contribution < -0.4 is 5.73 Å². The summed E-state index contributed by atoms with van der Waals surface area (Å²) in [6.07, 6.45) is 4.91. The highest BCUT2D eigenvalue weighted by Gasteiger charge is 2.27. The summed E-state index contributed by atoms with van der Waals surface area (Å²) in [5.74, 6) is 0.556. The van der Waals surface area contributed by atoms with E-state index in [2.05, 4.69) is 27.9 Å². The van der Waals surface area contributed by atoms with Crippen LogP contribution in [0.4, 0.5) is 5.69 Å². The van der Waals surface area contributed by atoms with Crippen molar-refractivity contribution in [2.45, 2.75) is 38.3 Å². The maximum absolute atomic E-state index is 10.8. The average Bonchev–Trinajstić information content (AvgIpc) is 2.48. The highest BCUT2D eigenvalue weighted by Crippen LogP contribution is 2.30. The minimum Gasteiger partial charge on any atom is -0.330 e. The van der Waals surface area contributed by atoms with Crippen molar-refractivity contribution in [3.63, 3.8) is 0 Å². The molecule has 5 nitrogen and oxygen atoms in total. The second kappa shape index (κ2) is 7.33. The minimum absolute atomic E-state index is 0.116. The molecule has 21 heavy (non-hydrogen) atoms. The van der Waals surface area contributed by atoms with Gasteiger partial charge in [0.25, 0.3) is 5.69 Å². The molecule has 0 amide bonds. The van der Waals surface area contributed by atoms with Gasteiger partial charge in [-0.25, -0.2) is 0 Å². The maximum Gasteiger partial charge on any atom is 0.270 e. The fraction of sp³-hybridized carbons (Fsp3) is 0.600. The Kier molecular flexibility index (Phi) is 5.72. The number of nitrogens with two attached hydrogens (primary N) is 1. The maximum atomic E-state index is 10.8. The average molecular weight is 356 g/mol. The number of non-ortho nitro benzene ring substituents is 1. The lowest BCUT2D eigenvalue weighted by molar-refractivity contribution is -0.384. The first-order chi connectivity index (χ1) is 10.0. The molecule has 0 radical (unpaired) electrons. The predicted molar refractivity (Wildman–Crippen MR) is 87.1 cm³/mol. The van der Waals surface area contributed by atoms with Crippen LogP contribution in [0.1, 0.15) is 31.2 Å². The Balaban J connectivity index is 2.08. The molecular formula is C15H22BrN3O2. The summed E-state index contributed by atoms with van der Waals surface area (Å²) in [5, 5.41) is 10.8. The van der Waals surface area contributed by atoms with Crippen LogP contribution in [0.3, 0.4) is 0 Å². The molecule has 0 aromatic heterocycles. The van der Waals surface area contributed by atoms with Gasteiger partial charge in [0.1, 0.15) is 0 Å². The van der Waals surface area contributed by atoms with E-state index in [1.165, 1.54) is 25.7 Å². The quantitative estimate of drug-likeness (QED) is 0.649. The van der Waals surface area contributed by atoms with E-state index in [1.807, 2.05) is 6.07 Å². The van der Waals surface area contributed by atoms with Gasteiger partial charge in [-0.05, 0) is 44.0 Å². The first kappa shape index (κ1) is 16.4. The topological polar surface area (TPSA) is 72.4 Å². The van der Waals surface area contributed by atoms with E-state index >= 15 is 0 Å². The Morgan fingerprint density at radius 2 is 2.14 bits per heavy atom. The molecule has 0 spiro atoms. The van der Waals surface area contributed by atoms with Gasteiger partial charge in [0.2, 0.25) is 0 Å². The third kappa shape index (κ3) is 4.02. The Morgan fingerprint density at radius 3 is 2.76 bits per heavy atom. The van der Waals surface area contributed by atoms with Gasteiger partial charge in [-0.1, -0.05) is 28.8 Å². The third-order valence-corrected chi connectivity index (χ3v) is 5.14. The van der Waals surface area contributed by atoms with Gasteiger partial charge < -0.3 is 5.73 Å². The molecule has 1 aromatic rings. The smallest absolute Gasteiger partial charge is 0.270 e. The first-order valence-electron chi connectivity index (χ1n) is 7.36. The number of nitro benzene ring substituents is 1. The van der Waals surface area contributed by atoms with Gasteiger partial charge >= 0.3 is 0 Å². The number of nitrogens with zero attached hydrogens (tertiary/aromatic N) is 2.